The van der Waals surface area contributed by atoms with Crippen LogP contribution in [0.15, 0.2) is 53.0 Å². The van der Waals surface area contributed by atoms with Crippen LogP contribution in [0.25, 0.3) is 0 Å². The van der Waals surface area contributed by atoms with Crippen molar-refractivity contribution in [3.8, 4) is 0 Å². The first-order valence-electron chi connectivity index (χ1n) is 7.09. The maximum atomic E-state index is 3.54. The Morgan fingerprint density at radius 3 is 1.90 bits per heavy atom. The summed E-state index contributed by atoms with van der Waals surface area (Å²) >= 11 is 3.54. The third kappa shape index (κ3) is 4.68. The summed E-state index contributed by atoms with van der Waals surface area (Å²) in [6.07, 6.45) is 0. The van der Waals surface area contributed by atoms with Crippen LogP contribution >= 0.6 is 15.9 Å². The van der Waals surface area contributed by atoms with Crippen molar-refractivity contribution in [1.82, 2.24) is 0 Å². The maximum Gasteiger partial charge on any atom is 0.0528 e. The van der Waals surface area contributed by atoms with E-state index in [1.54, 1.807) is 0 Å². The number of para-hydroxylation sites is 1. The lowest BCUT2D eigenvalue weighted by Crippen LogP contribution is -2.10. The summed E-state index contributed by atoms with van der Waals surface area (Å²) in [6.45, 7) is 10.7. The van der Waals surface area contributed by atoms with Crippen LogP contribution in [0, 0.1) is 0 Å². The van der Waals surface area contributed by atoms with Crippen molar-refractivity contribution < 1.29 is 0 Å². The van der Waals surface area contributed by atoms with Crippen LogP contribution in [-0.2, 0) is 5.41 Å². The molecule has 0 aromatic heterocycles. The van der Waals surface area contributed by atoms with Crippen LogP contribution in [0.1, 0.15) is 40.2 Å². The minimum absolute atomic E-state index is 0.200. The second-order valence-corrected chi connectivity index (χ2v) is 6.29. The SMILES string of the molecule is CC.CC(C)(C)c1ccc(Nc2ccccc2Br)cc1. The number of benzene rings is 2. The van der Waals surface area contributed by atoms with Gasteiger partial charge in [-0.2, -0.15) is 0 Å². The molecule has 2 rings (SSSR count). The lowest BCUT2D eigenvalue weighted by Gasteiger charge is -2.19. The van der Waals surface area contributed by atoms with Crippen molar-refractivity contribution in [2.75, 3.05) is 5.32 Å². The number of anilines is 2. The van der Waals surface area contributed by atoms with Gasteiger partial charge in [-0.1, -0.05) is 58.9 Å². The second kappa shape index (κ2) is 7.49. The fourth-order valence-electron chi connectivity index (χ4n) is 1.77. The molecule has 0 fully saturated rings. The third-order valence-corrected chi connectivity index (χ3v) is 3.60. The zero-order chi connectivity index (χ0) is 15.2. The first kappa shape index (κ1) is 16.8. The molecular formula is C18H24BrN. The summed E-state index contributed by atoms with van der Waals surface area (Å²) in [4.78, 5) is 0. The minimum atomic E-state index is 0.200. The number of nitrogens with one attached hydrogen (secondary N) is 1. The van der Waals surface area contributed by atoms with E-state index in [1.165, 1.54) is 5.56 Å². The molecule has 0 radical (unpaired) electrons. The second-order valence-electron chi connectivity index (χ2n) is 5.43. The van der Waals surface area contributed by atoms with Gasteiger partial charge in [0.15, 0.2) is 0 Å². The Morgan fingerprint density at radius 2 is 1.40 bits per heavy atom. The lowest BCUT2D eigenvalue weighted by atomic mass is 9.87. The van der Waals surface area contributed by atoms with Gasteiger partial charge in [0.2, 0.25) is 0 Å². The summed E-state index contributed by atoms with van der Waals surface area (Å²) in [5.41, 5.74) is 3.74. The first-order chi connectivity index (χ1) is 9.47. The average Bonchev–Trinajstić information content (AvgIpc) is 2.43. The average molecular weight is 334 g/mol. The van der Waals surface area contributed by atoms with Gasteiger partial charge in [-0.05, 0) is 51.2 Å². The summed E-state index contributed by atoms with van der Waals surface area (Å²) in [5.74, 6) is 0. The van der Waals surface area contributed by atoms with Crippen LogP contribution in [0.3, 0.4) is 0 Å². The monoisotopic (exact) mass is 333 g/mol. The van der Waals surface area contributed by atoms with E-state index < -0.39 is 0 Å². The van der Waals surface area contributed by atoms with Crippen molar-refractivity contribution >= 4 is 27.3 Å². The smallest absolute Gasteiger partial charge is 0.0528 e. The zero-order valence-electron chi connectivity index (χ0n) is 13.0. The highest BCUT2D eigenvalue weighted by molar-refractivity contribution is 9.10. The van der Waals surface area contributed by atoms with Gasteiger partial charge < -0.3 is 5.32 Å². The quantitative estimate of drug-likeness (QED) is 0.659. The van der Waals surface area contributed by atoms with Crippen molar-refractivity contribution in [3.05, 3.63) is 58.6 Å². The summed E-state index contributed by atoms with van der Waals surface area (Å²) in [5, 5.41) is 3.40. The summed E-state index contributed by atoms with van der Waals surface area (Å²) < 4.78 is 1.07. The molecule has 0 saturated heterocycles. The Bertz CT molecular complexity index is 524. The van der Waals surface area contributed by atoms with Crippen LogP contribution in [0.4, 0.5) is 11.4 Å². The van der Waals surface area contributed by atoms with Crippen LogP contribution in [0.2, 0.25) is 0 Å². The molecule has 0 amide bonds. The molecule has 0 aliphatic heterocycles. The molecule has 2 heteroatoms. The molecule has 0 aliphatic rings. The highest BCUT2D eigenvalue weighted by atomic mass is 79.9. The maximum absolute atomic E-state index is 3.54. The zero-order valence-corrected chi connectivity index (χ0v) is 14.6. The van der Waals surface area contributed by atoms with E-state index in [1.807, 2.05) is 32.0 Å². The topological polar surface area (TPSA) is 12.0 Å². The fraction of sp³-hybridized carbons (Fsp3) is 0.333. The molecule has 0 heterocycles. The van der Waals surface area contributed by atoms with Gasteiger partial charge >= 0.3 is 0 Å². The van der Waals surface area contributed by atoms with E-state index in [-0.39, 0.29) is 5.41 Å². The van der Waals surface area contributed by atoms with Crippen molar-refractivity contribution in [2.24, 2.45) is 0 Å². The van der Waals surface area contributed by atoms with Gasteiger partial charge in [-0.15, -0.1) is 0 Å². The normalized spacial score (nSPS) is 10.5. The predicted molar refractivity (Wildman–Crippen MR) is 93.9 cm³/mol. The molecule has 0 spiro atoms. The Morgan fingerprint density at radius 1 is 0.850 bits per heavy atom. The molecule has 1 nitrogen and oxygen atoms in total. The number of hydrogen-bond donors (Lipinski definition) is 1. The van der Waals surface area contributed by atoms with E-state index in [2.05, 4.69) is 72.3 Å². The molecule has 0 atom stereocenters. The summed E-state index contributed by atoms with van der Waals surface area (Å²) in [7, 11) is 0. The highest BCUT2D eigenvalue weighted by Crippen LogP contribution is 2.27. The van der Waals surface area contributed by atoms with Gasteiger partial charge in [0, 0.05) is 10.2 Å². The van der Waals surface area contributed by atoms with E-state index in [4.69, 9.17) is 0 Å². The minimum Gasteiger partial charge on any atom is -0.355 e. The van der Waals surface area contributed by atoms with Crippen molar-refractivity contribution in [2.45, 2.75) is 40.0 Å². The first-order valence-corrected chi connectivity index (χ1v) is 7.88. The van der Waals surface area contributed by atoms with E-state index in [0.717, 1.165) is 15.8 Å². The van der Waals surface area contributed by atoms with Crippen LogP contribution in [0.5, 0.6) is 0 Å². The Labute approximate surface area is 131 Å². The van der Waals surface area contributed by atoms with E-state index in [9.17, 15) is 0 Å². The van der Waals surface area contributed by atoms with E-state index in [0.29, 0.717) is 0 Å². The largest absolute Gasteiger partial charge is 0.355 e. The molecule has 0 unspecified atom stereocenters. The van der Waals surface area contributed by atoms with Crippen molar-refractivity contribution in [3.63, 3.8) is 0 Å². The third-order valence-electron chi connectivity index (χ3n) is 2.90. The molecule has 108 valence electrons. The van der Waals surface area contributed by atoms with Crippen LogP contribution < -0.4 is 5.32 Å². The molecule has 0 saturated carbocycles. The highest BCUT2D eigenvalue weighted by Gasteiger charge is 2.12. The van der Waals surface area contributed by atoms with Gasteiger partial charge in [-0.25, -0.2) is 0 Å². The molecule has 2 aromatic rings. The number of halogens is 1. The van der Waals surface area contributed by atoms with Gasteiger partial charge in [0.25, 0.3) is 0 Å². The molecule has 1 N–H and O–H groups in total. The molecule has 2 aromatic carbocycles. The molecule has 0 aliphatic carbocycles. The van der Waals surface area contributed by atoms with E-state index >= 15 is 0 Å². The number of rotatable bonds is 2. The standard InChI is InChI=1S/C16H18BrN.C2H6/c1-16(2,3)12-8-10-13(11-9-12)18-15-7-5-4-6-14(15)17;1-2/h4-11,18H,1-3H3;1-2H3. The molecular weight excluding hydrogens is 310 g/mol. The molecule has 0 bridgehead atoms. The predicted octanol–water partition coefficient (Wildman–Crippen LogP) is 6.52. The Kier molecular flexibility index (Phi) is 6.28. The summed E-state index contributed by atoms with van der Waals surface area (Å²) in [6, 6.07) is 16.7. The van der Waals surface area contributed by atoms with Crippen molar-refractivity contribution in [1.29, 1.82) is 0 Å². The van der Waals surface area contributed by atoms with Crippen LogP contribution in [-0.4, -0.2) is 0 Å². The fourth-order valence-corrected chi connectivity index (χ4v) is 2.16. The van der Waals surface area contributed by atoms with Gasteiger partial charge in [0.1, 0.15) is 0 Å². The Hall–Kier alpha value is -1.28. The lowest BCUT2D eigenvalue weighted by molar-refractivity contribution is 0.590. The number of hydrogen-bond acceptors (Lipinski definition) is 1. The Balaban J connectivity index is 0.000000956. The molecule has 20 heavy (non-hydrogen) atoms. The van der Waals surface area contributed by atoms with Gasteiger partial charge in [-0.3, -0.25) is 0 Å². The van der Waals surface area contributed by atoms with Gasteiger partial charge in [0.05, 0.1) is 5.69 Å².